The van der Waals surface area contributed by atoms with Gasteiger partial charge in [-0.05, 0) is 11.0 Å². The molecule has 0 aliphatic heterocycles. The monoisotopic (exact) mass is 367 g/mol. The molecule has 2 heterocycles. The van der Waals surface area contributed by atoms with E-state index in [9.17, 15) is 9.59 Å². The van der Waals surface area contributed by atoms with Crippen molar-refractivity contribution in [3.63, 3.8) is 0 Å². The Morgan fingerprint density at radius 3 is 2.52 bits per heavy atom. The summed E-state index contributed by atoms with van der Waals surface area (Å²) in [7, 11) is 0. The van der Waals surface area contributed by atoms with Crippen LogP contribution in [0, 0.1) is 5.41 Å². The van der Waals surface area contributed by atoms with Gasteiger partial charge < -0.3 is 4.57 Å². The Bertz CT molecular complexity index is 1010. The van der Waals surface area contributed by atoms with Gasteiger partial charge in [0.15, 0.2) is 11.2 Å². The van der Waals surface area contributed by atoms with E-state index < -0.39 is 0 Å². The van der Waals surface area contributed by atoms with Crippen molar-refractivity contribution in [3.05, 3.63) is 58.4 Å². The van der Waals surface area contributed by atoms with E-state index in [0.717, 1.165) is 5.56 Å². The fourth-order valence-corrected chi connectivity index (χ4v) is 2.96. The molecular formula is C20H25N5O2. The molecule has 1 amide bonds. The van der Waals surface area contributed by atoms with Gasteiger partial charge in [-0.3, -0.25) is 15.0 Å². The quantitative estimate of drug-likeness (QED) is 0.751. The van der Waals surface area contributed by atoms with Crippen LogP contribution in [-0.2, 0) is 24.2 Å². The van der Waals surface area contributed by atoms with Gasteiger partial charge in [0.05, 0.1) is 12.7 Å². The van der Waals surface area contributed by atoms with Crippen LogP contribution in [0.2, 0.25) is 0 Å². The Balaban J connectivity index is 1.95. The molecule has 0 radical (unpaired) electrons. The van der Waals surface area contributed by atoms with Crippen molar-refractivity contribution in [2.24, 2.45) is 5.41 Å². The second-order valence-electron chi connectivity index (χ2n) is 7.82. The van der Waals surface area contributed by atoms with Crippen molar-refractivity contribution >= 4 is 17.1 Å². The van der Waals surface area contributed by atoms with E-state index in [-0.39, 0.29) is 28.8 Å². The molecule has 1 N–H and O–H groups in total. The average Bonchev–Trinajstić information content (AvgIpc) is 2.99. The van der Waals surface area contributed by atoms with Gasteiger partial charge in [-0.15, -0.1) is 0 Å². The molecule has 0 atom stereocenters. The molecule has 142 valence electrons. The number of benzene rings is 1. The number of carbonyl (C=O) groups excluding carboxylic acids is 1. The van der Waals surface area contributed by atoms with Gasteiger partial charge in [-0.2, -0.15) is 0 Å². The Kier molecular flexibility index (Phi) is 5.12. The van der Waals surface area contributed by atoms with Gasteiger partial charge in [0.1, 0.15) is 5.82 Å². The highest BCUT2D eigenvalue weighted by atomic mass is 16.2. The number of amides is 1. The number of rotatable bonds is 5. The van der Waals surface area contributed by atoms with Crippen LogP contribution in [0.3, 0.4) is 0 Å². The molecule has 0 unspecified atom stereocenters. The molecule has 0 aliphatic carbocycles. The second kappa shape index (κ2) is 7.34. The summed E-state index contributed by atoms with van der Waals surface area (Å²) in [6.07, 6.45) is 2.34. The Morgan fingerprint density at radius 2 is 1.89 bits per heavy atom. The lowest BCUT2D eigenvalue weighted by Gasteiger charge is -2.19. The molecule has 3 aromatic rings. The first-order chi connectivity index (χ1) is 12.8. The molecule has 0 saturated heterocycles. The van der Waals surface area contributed by atoms with E-state index in [2.05, 4.69) is 36.2 Å². The molecule has 2 aromatic heterocycles. The third-order valence-corrected chi connectivity index (χ3v) is 4.11. The molecule has 0 bridgehead atoms. The molecule has 1 aromatic carbocycles. The zero-order valence-corrected chi connectivity index (χ0v) is 16.2. The Morgan fingerprint density at radius 1 is 1.19 bits per heavy atom. The molecule has 0 fully saturated rings. The van der Waals surface area contributed by atoms with Gasteiger partial charge >= 0.3 is 5.56 Å². The van der Waals surface area contributed by atoms with Gasteiger partial charge in [0, 0.05) is 13.0 Å². The maximum absolute atomic E-state index is 12.9. The third-order valence-electron chi connectivity index (χ3n) is 4.11. The SMILES string of the molecule is CCc1nc2c(ncn2CC(C)(C)C)c(=O)n1NC(=O)Cc1ccccc1. The van der Waals surface area contributed by atoms with E-state index in [1.54, 1.807) is 6.33 Å². The lowest BCUT2D eigenvalue weighted by atomic mass is 9.97. The molecule has 7 nitrogen and oxygen atoms in total. The third kappa shape index (κ3) is 4.24. The second-order valence-corrected chi connectivity index (χ2v) is 7.82. The van der Waals surface area contributed by atoms with Crippen molar-refractivity contribution in [1.82, 2.24) is 19.2 Å². The Hall–Kier alpha value is -2.96. The number of aryl methyl sites for hydroxylation is 1. The van der Waals surface area contributed by atoms with Gasteiger partial charge in [-0.1, -0.05) is 58.0 Å². The van der Waals surface area contributed by atoms with Gasteiger partial charge in [-0.25, -0.2) is 14.6 Å². The van der Waals surface area contributed by atoms with Crippen molar-refractivity contribution in [2.75, 3.05) is 5.43 Å². The summed E-state index contributed by atoms with van der Waals surface area (Å²) < 4.78 is 3.12. The van der Waals surface area contributed by atoms with Crippen LogP contribution in [0.15, 0.2) is 41.5 Å². The predicted octanol–water partition coefficient (Wildman–Crippen LogP) is 2.51. The summed E-state index contributed by atoms with van der Waals surface area (Å²) in [5.74, 6) is 0.234. The largest absolute Gasteiger partial charge is 0.315 e. The molecule has 0 aliphatic rings. The van der Waals surface area contributed by atoms with E-state index in [0.29, 0.717) is 24.4 Å². The Labute approximate surface area is 158 Å². The minimum atomic E-state index is -0.356. The first-order valence-corrected chi connectivity index (χ1v) is 9.09. The van der Waals surface area contributed by atoms with Crippen molar-refractivity contribution in [1.29, 1.82) is 0 Å². The van der Waals surface area contributed by atoms with Crippen LogP contribution in [-0.4, -0.2) is 25.1 Å². The molecular weight excluding hydrogens is 342 g/mol. The summed E-state index contributed by atoms with van der Waals surface area (Å²) in [6, 6.07) is 9.40. The standard InChI is InChI=1S/C20H25N5O2/c1-5-15-22-18-17(21-13-24(18)12-20(2,3)4)19(27)25(15)23-16(26)11-14-9-7-6-8-10-14/h6-10,13H,5,11-12H2,1-4H3,(H,23,26). The van der Waals surface area contributed by atoms with Crippen LogP contribution in [0.25, 0.3) is 11.2 Å². The molecule has 0 spiro atoms. The van der Waals surface area contributed by atoms with Crippen LogP contribution in [0.4, 0.5) is 0 Å². The zero-order chi connectivity index (χ0) is 19.6. The number of imidazole rings is 1. The smallest absolute Gasteiger partial charge is 0.300 e. The highest BCUT2D eigenvalue weighted by Crippen LogP contribution is 2.19. The van der Waals surface area contributed by atoms with E-state index in [1.165, 1.54) is 4.68 Å². The van der Waals surface area contributed by atoms with Crippen molar-refractivity contribution < 1.29 is 4.79 Å². The topological polar surface area (TPSA) is 81.8 Å². The minimum Gasteiger partial charge on any atom is -0.315 e. The summed E-state index contributed by atoms with van der Waals surface area (Å²) in [6.45, 7) is 8.95. The lowest BCUT2D eigenvalue weighted by molar-refractivity contribution is -0.116. The highest BCUT2D eigenvalue weighted by molar-refractivity contribution is 5.86. The number of fused-ring (bicyclic) bond motifs is 1. The van der Waals surface area contributed by atoms with E-state index in [4.69, 9.17) is 0 Å². The summed E-state index contributed by atoms with van der Waals surface area (Å²) >= 11 is 0. The van der Waals surface area contributed by atoms with Crippen molar-refractivity contribution in [2.45, 2.75) is 47.1 Å². The first-order valence-electron chi connectivity index (χ1n) is 9.09. The fourth-order valence-electron chi connectivity index (χ4n) is 2.96. The fraction of sp³-hybridized carbons (Fsp3) is 0.400. The number of carbonyl (C=O) groups is 1. The normalized spacial score (nSPS) is 11.7. The van der Waals surface area contributed by atoms with Crippen LogP contribution in [0.5, 0.6) is 0 Å². The number of hydrogen-bond acceptors (Lipinski definition) is 4. The lowest BCUT2D eigenvalue weighted by Crippen LogP contribution is -2.37. The van der Waals surface area contributed by atoms with Crippen LogP contribution in [0.1, 0.15) is 39.1 Å². The number of nitrogens with one attached hydrogen (secondary N) is 1. The van der Waals surface area contributed by atoms with Crippen LogP contribution >= 0.6 is 0 Å². The van der Waals surface area contributed by atoms with Gasteiger partial charge in [0.2, 0.25) is 5.91 Å². The zero-order valence-electron chi connectivity index (χ0n) is 16.2. The summed E-state index contributed by atoms with van der Waals surface area (Å²) in [5.41, 5.74) is 4.05. The molecule has 3 rings (SSSR count). The van der Waals surface area contributed by atoms with E-state index in [1.807, 2.05) is 41.8 Å². The number of aromatic nitrogens is 4. The molecule has 7 heteroatoms. The summed E-state index contributed by atoms with van der Waals surface area (Å²) in [4.78, 5) is 34.2. The molecule has 27 heavy (non-hydrogen) atoms. The highest BCUT2D eigenvalue weighted by Gasteiger charge is 2.19. The van der Waals surface area contributed by atoms with Crippen LogP contribution < -0.4 is 11.0 Å². The molecule has 0 saturated carbocycles. The number of nitrogens with zero attached hydrogens (tertiary/aromatic N) is 4. The van der Waals surface area contributed by atoms with Crippen molar-refractivity contribution in [3.8, 4) is 0 Å². The van der Waals surface area contributed by atoms with E-state index >= 15 is 0 Å². The maximum atomic E-state index is 12.9. The first kappa shape index (κ1) is 18.8. The van der Waals surface area contributed by atoms with Gasteiger partial charge in [0.25, 0.3) is 0 Å². The number of hydrogen-bond donors (Lipinski definition) is 1. The predicted molar refractivity (Wildman–Crippen MR) is 105 cm³/mol. The minimum absolute atomic E-state index is 0.0282. The maximum Gasteiger partial charge on any atom is 0.300 e. The summed E-state index contributed by atoms with van der Waals surface area (Å²) in [5, 5.41) is 0. The average molecular weight is 367 g/mol.